The summed E-state index contributed by atoms with van der Waals surface area (Å²) in [7, 11) is 1.80. The fourth-order valence-corrected chi connectivity index (χ4v) is 2.44. The number of carbonyl (C=O) groups is 1. The third-order valence-corrected chi connectivity index (χ3v) is 3.76. The SMILES string of the molecule is Cn1cc(-c2ccc(CNC(=O)Nc3ccccc3C(F)(F)F)cn2)cn1. The lowest BCUT2D eigenvalue weighted by Crippen LogP contribution is -2.29. The third kappa shape index (κ3) is 4.63. The maximum Gasteiger partial charge on any atom is 0.418 e. The molecule has 140 valence electrons. The van der Waals surface area contributed by atoms with E-state index in [-0.39, 0.29) is 12.2 Å². The van der Waals surface area contributed by atoms with Gasteiger partial charge in [-0.1, -0.05) is 18.2 Å². The molecule has 0 aliphatic heterocycles. The minimum atomic E-state index is -4.55. The molecule has 0 radical (unpaired) electrons. The van der Waals surface area contributed by atoms with E-state index in [0.29, 0.717) is 5.56 Å². The standard InChI is InChI=1S/C18H16F3N5O/c1-26-11-13(10-24-26)15-7-6-12(8-22-15)9-23-17(27)25-16-5-3-2-4-14(16)18(19,20)21/h2-8,10-11H,9H2,1H3,(H2,23,25,27). The molecule has 0 fully saturated rings. The van der Waals surface area contributed by atoms with Gasteiger partial charge in [-0.3, -0.25) is 9.67 Å². The van der Waals surface area contributed by atoms with Crippen molar-refractivity contribution in [1.29, 1.82) is 0 Å². The molecule has 2 N–H and O–H groups in total. The molecule has 0 aliphatic carbocycles. The predicted molar refractivity (Wildman–Crippen MR) is 93.7 cm³/mol. The normalized spacial score (nSPS) is 11.3. The third-order valence-electron chi connectivity index (χ3n) is 3.76. The van der Waals surface area contributed by atoms with Crippen molar-refractivity contribution in [1.82, 2.24) is 20.1 Å². The van der Waals surface area contributed by atoms with Gasteiger partial charge in [0.05, 0.1) is 23.1 Å². The Morgan fingerprint density at radius 3 is 2.56 bits per heavy atom. The second kappa shape index (κ2) is 7.48. The number of halogens is 3. The van der Waals surface area contributed by atoms with Crippen LogP contribution in [0.15, 0.2) is 55.0 Å². The first-order valence-corrected chi connectivity index (χ1v) is 7.98. The van der Waals surface area contributed by atoms with Gasteiger partial charge in [-0.2, -0.15) is 18.3 Å². The summed E-state index contributed by atoms with van der Waals surface area (Å²) < 4.78 is 40.5. The van der Waals surface area contributed by atoms with Crippen molar-refractivity contribution in [3.05, 3.63) is 66.1 Å². The van der Waals surface area contributed by atoms with Crippen molar-refractivity contribution >= 4 is 11.7 Å². The number of nitrogens with zero attached hydrogens (tertiary/aromatic N) is 3. The zero-order valence-electron chi connectivity index (χ0n) is 14.3. The lowest BCUT2D eigenvalue weighted by Gasteiger charge is -2.14. The first-order chi connectivity index (χ1) is 12.8. The van der Waals surface area contributed by atoms with Crippen LogP contribution >= 0.6 is 0 Å². The van der Waals surface area contributed by atoms with Crippen molar-refractivity contribution < 1.29 is 18.0 Å². The molecule has 0 saturated heterocycles. The van der Waals surface area contributed by atoms with Gasteiger partial charge in [0, 0.05) is 31.5 Å². The van der Waals surface area contributed by atoms with E-state index in [9.17, 15) is 18.0 Å². The number of amides is 2. The van der Waals surface area contributed by atoms with Gasteiger partial charge in [0.25, 0.3) is 0 Å². The summed E-state index contributed by atoms with van der Waals surface area (Å²) >= 11 is 0. The molecule has 2 heterocycles. The Morgan fingerprint density at radius 1 is 1.15 bits per heavy atom. The molecule has 1 aromatic carbocycles. The smallest absolute Gasteiger partial charge is 0.334 e. The average molecular weight is 375 g/mol. The van der Waals surface area contributed by atoms with Crippen molar-refractivity contribution in [2.75, 3.05) is 5.32 Å². The molecule has 6 nitrogen and oxygen atoms in total. The summed E-state index contributed by atoms with van der Waals surface area (Å²) in [4.78, 5) is 16.2. The van der Waals surface area contributed by atoms with Gasteiger partial charge in [-0.25, -0.2) is 4.79 Å². The topological polar surface area (TPSA) is 71.8 Å². The first-order valence-electron chi connectivity index (χ1n) is 7.98. The molecule has 0 saturated carbocycles. The molecule has 0 spiro atoms. The van der Waals surface area contributed by atoms with Crippen molar-refractivity contribution in [3.63, 3.8) is 0 Å². The number of urea groups is 1. The molecule has 2 amide bonds. The van der Waals surface area contributed by atoms with Crippen molar-refractivity contribution in [3.8, 4) is 11.3 Å². The number of para-hydroxylation sites is 1. The van der Waals surface area contributed by atoms with E-state index >= 15 is 0 Å². The zero-order valence-corrected chi connectivity index (χ0v) is 14.3. The van der Waals surface area contributed by atoms with Crippen molar-refractivity contribution in [2.24, 2.45) is 7.05 Å². The van der Waals surface area contributed by atoms with E-state index in [0.717, 1.165) is 17.3 Å². The Balaban J connectivity index is 1.60. The van der Waals surface area contributed by atoms with E-state index in [1.165, 1.54) is 18.2 Å². The maximum atomic E-state index is 12.9. The average Bonchev–Trinajstić information content (AvgIpc) is 3.06. The van der Waals surface area contributed by atoms with E-state index in [2.05, 4.69) is 20.7 Å². The van der Waals surface area contributed by atoms with Crippen LogP contribution in [0.25, 0.3) is 11.3 Å². The molecule has 3 rings (SSSR count). The zero-order chi connectivity index (χ0) is 19.4. The van der Waals surface area contributed by atoms with Gasteiger partial charge in [-0.05, 0) is 23.8 Å². The number of aromatic nitrogens is 3. The highest BCUT2D eigenvalue weighted by Crippen LogP contribution is 2.34. The van der Waals surface area contributed by atoms with Crippen LogP contribution in [-0.4, -0.2) is 20.8 Å². The Hall–Kier alpha value is -3.36. The molecular formula is C18H16F3N5O. The molecule has 0 unspecified atom stereocenters. The molecule has 2 aromatic heterocycles. The Labute approximate surface area is 153 Å². The molecule has 0 aliphatic rings. The minimum Gasteiger partial charge on any atom is -0.334 e. The number of benzene rings is 1. The summed E-state index contributed by atoms with van der Waals surface area (Å²) in [5.41, 5.74) is 1.10. The molecule has 0 atom stereocenters. The van der Waals surface area contributed by atoms with E-state index in [4.69, 9.17) is 0 Å². The van der Waals surface area contributed by atoms with Gasteiger partial charge >= 0.3 is 12.2 Å². The number of anilines is 1. The lowest BCUT2D eigenvalue weighted by atomic mass is 10.1. The van der Waals surface area contributed by atoms with Crippen LogP contribution in [0.4, 0.5) is 23.7 Å². The largest absolute Gasteiger partial charge is 0.418 e. The number of aryl methyl sites for hydroxylation is 1. The predicted octanol–water partition coefficient (Wildman–Crippen LogP) is 3.82. The fraction of sp³-hybridized carbons (Fsp3) is 0.167. The van der Waals surface area contributed by atoms with Gasteiger partial charge in [-0.15, -0.1) is 0 Å². The highest BCUT2D eigenvalue weighted by molar-refractivity contribution is 5.90. The molecule has 0 bridgehead atoms. The number of nitrogens with one attached hydrogen (secondary N) is 2. The van der Waals surface area contributed by atoms with Crippen LogP contribution < -0.4 is 10.6 Å². The highest BCUT2D eigenvalue weighted by Gasteiger charge is 2.33. The van der Waals surface area contributed by atoms with Crippen LogP contribution in [0.5, 0.6) is 0 Å². The number of carbonyl (C=O) groups excluding carboxylic acids is 1. The number of rotatable bonds is 4. The lowest BCUT2D eigenvalue weighted by molar-refractivity contribution is -0.136. The Morgan fingerprint density at radius 2 is 1.93 bits per heavy atom. The Kier molecular flexibility index (Phi) is 5.11. The second-order valence-corrected chi connectivity index (χ2v) is 5.81. The van der Waals surface area contributed by atoms with Gasteiger partial charge in [0.15, 0.2) is 0 Å². The van der Waals surface area contributed by atoms with Crippen LogP contribution in [0.1, 0.15) is 11.1 Å². The molecule has 9 heteroatoms. The number of hydrogen-bond acceptors (Lipinski definition) is 3. The van der Waals surface area contributed by atoms with Crippen LogP contribution in [-0.2, 0) is 19.8 Å². The van der Waals surface area contributed by atoms with Crippen LogP contribution in [0, 0.1) is 0 Å². The summed E-state index contributed by atoms with van der Waals surface area (Å²) in [6.07, 6.45) is 0.555. The monoisotopic (exact) mass is 375 g/mol. The maximum absolute atomic E-state index is 12.9. The number of hydrogen-bond donors (Lipinski definition) is 2. The summed E-state index contributed by atoms with van der Waals surface area (Å²) in [6, 6.07) is 7.63. The van der Waals surface area contributed by atoms with Gasteiger partial charge in [0.2, 0.25) is 0 Å². The van der Waals surface area contributed by atoms with Gasteiger partial charge < -0.3 is 10.6 Å². The van der Waals surface area contributed by atoms with E-state index < -0.39 is 17.8 Å². The summed E-state index contributed by atoms with van der Waals surface area (Å²) in [5, 5.41) is 8.81. The Bertz CT molecular complexity index is 935. The summed E-state index contributed by atoms with van der Waals surface area (Å²) in [5.74, 6) is 0. The minimum absolute atomic E-state index is 0.125. The quantitative estimate of drug-likeness (QED) is 0.728. The fourth-order valence-electron chi connectivity index (χ4n) is 2.44. The van der Waals surface area contributed by atoms with Gasteiger partial charge in [0.1, 0.15) is 0 Å². The number of alkyl halides is 3. The highest BCUT2D eigenvalue weighted by atomic mass is 19.4. The molecule has 3 aromatic rings. The molecule has 27 heavy (non-hydrogen) atoms. The molecular weight excluding hydrogens is 359 g/mol. The van der Waals surface area contributed by atoms with E-state index in [1.54, 1.807) is 36.3 Å². The summed E-state index contributed by atoms with van der Waals surface area (Å²) in [6.45, 7) is 0.125. The van der Waals surface area contributed by atoms with Crippen LogP contribution in [0.2, 0.25) is 0 Å². The van der Waals surface area contributed by atoms with E-state index in [1.807, 2.05) is 6.20 Å². The second-order valence-electron chi connectivity index (χ2n) is 5.81. The van der Waals surface area contributed by atoms with Crippen molar-refractivity contribution in [2.45, 2.75) is 12.7 Å². The van der Waals surface area contributed by atoms with Crippen LogP contribution in [0.3, 0.4) is 0 Å². The number of pyridine rings is 1. The first kappa shape index (κ1) is 18.4.